The van der Waals surface area contributed by atoms with Gasteiger partial charge < -0.3 is 4.98 Å². The zero-order valence-electron chi connectivity index (χ0n) is 19.0. The monoisotopic (exact) mass is 578 g/mol. The maximum Gasteiger partial charge on any atom is 0.164 e. The first-order chi connectivity index (χ1) is 13.4. The molecule has 0 spiro atoms. The summed E-state index contributed by atoms with van der Waals surface area (Å²) >= 11 is 0. The van der Waals surface area contributed by atoms with Crippen molar-refractivity contribution in [1.29, 1.82) is 0 Å². The summed E-state index contributed by atoms with van der Waals surface area (Å²) in [6.45, 7) is 17.9. The summed E-state index contributed by atoms with van der Waals surface area (Å²) in [6.07, 6.45) is 1.84. The van der Waals surface area contributed by atoms with Crippen LogP contribution in [0, 0.1) is 25.3 Å². The van der Waals surface area contributed by atoms with Gasteiger partial charge in [0.2, 0.25) is 0 Å². The fraction of sp³-hybridized carbons (Fsp3) is 0.440. The van der Waals surface area contributed by atoms with Gasteiger partial charge >= 0.3 is 0 Å². The molecule has 1 aliphatic rings. The predicted octanol–water partition coefficient (Wildman–Crippen LogP) is 5.61. The van der Waals surface area contributed by atoms with Crippen molar-refractivity contribution in [1.82, 2.24) is 19.9 Å². The van der Waals surface area contributed by atoms with Gasteiger partial charge in [0.25, 0.3) is 0 Å². The van der Waals surface area contributed by atoms with Crippen LogP contribution in [0.5, 0.6) is 0 Å². The molecular weight excluding hydrogens is 549 g/mol. The van der Waals surface area contributed by atoms with Crippen molar-refractivity contribution in [2.24, 2.45) is 5.41 Å². The number of benzene rings is 1. The Labute approximate surface area is 193 Å². The van der Waals surface area contributed by atoms with E-state index in [9.17, 15) is 0 Å². The van der Waals surface area contributed by atoms with Gasteiger partial charge in [-0.3, -0.25) is 0 Å². The van der Waals surface area contributed by atoms with Crippen LogP contribution in [-0.4, -0.2) is 19.9 Å². The second-order valence-corrected chi connectivity index (χ2v) is 9.73. The molecule has 0 amide bonds. The van der Waals surface area contributed by atoms with Gasteiger partial charge in [-0.2, -0.15) is 0 Å². The smallest absolute Gasteiger partial charge is 0.164 e. The molecule has 0 aliphatic heterocycles. The van der Waals surface area contributed by atoms with Gasteiger partial charge in [0.1, 0.15) is 11.6 Å². The second-order valence-electron chi connectivity index (χ2n) is 9.73. The van der Waals surface area contributed by atoms with E-state index < -0.39 is 0 Å². The van der Waals surface area contributed by atoms with Crippen LogP contribution >= 0.6 is 0 Å². The zero-order chi connectivity index (χ0) is 21.2. The second kappa shape index (κ2) is 7.32. The van der Waals surface area contributed by atoms with Crippen LogP contribution in [0.1, 0.15) is 64.3 Å². The Morgan fingerprint density at radius 3 is 1.97 bits per heavy atom. The summed E-state index contributed by atoms with van der Waals surface area (Å²) in [5, 5.41) is 0. The van der Waals surface area contributed by atoms with Crippen molar-refractivity contribution < 1.29 is 20.1 Å². The first-order valence-electron chi connectivity index (χ1n) is 10.2. The first-order valence-corrected chi connectivity index (χ1v) is 10.2. The number of nitrogens with zero attached hydrogens (tertiary/aromatic N) is 4. The van der Waals surface area contributed by atoms with Crippen LogP contribution in [0.3, 0.4) is 0 Å². The normalized spacial score (nSPS) is 17.9. The molecule has 0 fully saturated rings. The summed E-state index contributed by atoms with van der Waals surface area (Å²) in [5.74, 6) is 2.10. The average Bonchev–Trinajstić information content (AvgIpc) is 2.76. The Kier molecular flexibility index (Phi) is 5.54. The predicted molar refractivity (Wildman–Crippen MR) is 117 cm³/mol. The van der Waals surface area contributed by atoms with Gasteiger partial charge in [0.05, 0.1) is 0 Å². The minimum Gasteiger partial charge on any atom is -0.304 e. The summed E-state index contributed by atoms with van der Waals surface area (Å²) in [6, 6.07) is 12.0. The van der Waals surface area contributed by atoms with Gasteiger partial charge in [-0.05, 0) is 35.8 Å². The molecule has 4 rings (SSSR count). The molecule has 0 bridgehead atoms. The first kappa shape index (κ1) is 22.7. The molecule has 1 aliphatic carbocycles. The number of fused-ring (bicyclic) bond motifs is 1. The number of aromatic nitrogens is 4. The quantitative estimate of drug-likeness (QED) is 0.372. The molecule has 5 heteroatoms. The van der Waals surface area contributed by atoms with Crippen molar-refractivity contribution in [3.63, 3.8) is 0 Å². The molecule has 3 aromatic rings. The van der Waals surface area contributed by atoms with Crippen molar-refractivity contribution in [3.05, 3.63) is 59.3 Å². The minimum atomic E-state index is 0. The van der Waals surface area contributed by atoms with Crippen LogP contribution in [0.25, 0.3) is 22.6 Å². The van der Waals surface area contributed by atoms with Gasteiger partial charge in [-0.1, -0.05) is 53.7 Å². The molecule has 2 aromatic heterocycles. The molecule has 0 unspecified atom stereocenters. The average molecular weight is 578 g/mol. The Morgan fingerprint density at radius 1 is 0.800 bits per heavy atom. The summed E-state index contributed by atoms with van der Waals surface area (Å²) in [5.41, 5.74) is 5.92. The molecule has 0 N–H and O–H groups in total. The fourth-order valence-electron chi connectivity index (χ4n) is 4.56. The standard InChI is InChI=1S/C25H29N4.Ir/c1-15-27-16(2)29-22(28-15)18-10-12-21(26-14-18)17-9-11-19-20(13-17)24(5,6)25(7,8)23(19,3)4;/h10-14H,1-8H3;/q-1;. The van der Waals surface area contributed by atoms with Gasteiger partial charge in [0, 0.05) is 31.9 Å². The van der Waals surface area contributed by atoms with E-state index >= 15 is 0 Å². The molecule has 0 saturated carbocycles. The number of pyridine rings is 1. The number of hydrogen-bond acceptors (Lipinski definition) is 4. The Balaban J connectivity index is 0.00000256. The van der Waals surface area contributed by atoms with Crippen molar-refractivity contribution in [2.75, 3.05) is 0 Å². The summed E-state index contributed by atoms with van der Waals surface area (Å²) in [4.78, 5) is 17.8. The molecule has 159 valence electrons. The van der Waals surface area contributed by atoms with Crippen LogP contribution in [0.2, 0.25) is 0 Å². The Bertz CT molecular complexity index is 1080. The SMILES string of the molecule is Cc1nc(C)nc(-c2ccc(-c3[c-]cc4c(c3)C(C)(C)C(C)(C)C4(C)C)nc2)n1.[Ir]. The molecule has 4 nitrogen and oxygen atoms in total. The van der Waals surface area contributed by atoms with Crippen LogP contribution in [0.4, 0.5) is 0 Å². The van der Waals surface area contributed by atoms with E-state index in [-0.39, 0.29) is 36.4 Å². The van der Waals surface area contributed by atoms with Gasteiger partial charge in [0.15, 0.2) is 5.82 Å². The van der Waals surface area contributed by atoms with Gasteiger partial charge in [-0.15, -0.1) is 34.9 Å². The van der Waals surface area contributed by atoms with Crippen molar-refractivity contribution >= 4 is 0 Å². The van der Waals surface area contributed by atoms with Crippen LogP contribution in [-0.2, 0) is 30.9 Å². The third-order valence-corrected chi connectivity index (χ3v) is 7.58. The largest absolute Gasteiger partial charge is 0.304 e. The van der Waals surface area contributed by atoms with E-state index in [1.165, 1.54) is 11.1 Å². The number of aryl methyl sites for hydroxylation is 2. The van der Waals surface area contributed by atoms with E-state index in [0.29, 0.717) is 5.82 Å². The van der Waals surface area contributed by atoms with Crippen LogP contribution in [0.15, 0.2) is 30.5 Å². The number of hydrogen-bond donors (Lipinski definition) is 0. The molecular formula is C25H29IrN4-. The van der Waals surface area contributed by atoms with Crippen LogP contribution < -0.4 is 0 Å². The van der Waals surface area contributed by atoms with E-state index in [0.717, 1.165) is 28.5 Å². The third-order valence-electron chi connectivity index (χ3n) is 7.58. The number of rotatable bonds is 2. The molecule has 1 aromatic carbocycles. The molecule has 1 radical (unpaired) electrons. The molecule has 0 saturated heterocycles. The van der Waals surface area contributed by atoms with E-state index in [1.807, 2.05) is 32.2 Å². The van der Waals surface area contributed by atoms with E-state index in [1.54, 1.807) is 0 Å². The summed E-state index contributed by atoms with van der Waals surface area (Å²) in [7, 11) is 0. The van der Waals surface area contributed by atoms with Crippen molar-refractivity contribution in [3.8, 4) is 22.6 Å². The Hall–Kier alpha value is -1.97. The minimum absolute atomic E-state index is 0. The molecule has 0 atom stereocenters. The summed E-state index contributed by atoms with van der Waals surface area (Å²) < 4.78 is 0. The van der Waals surface area contributed by atoms with E-state index in [2.05, 4.69) is 74.7 Å². The molecule has 30 heavy (non-hydrogen) atoms. The molecule has 2 heterocycles. The van der Waals surface area contributed by atoms with E-state index in [4.69, 9.17) is 4.98 Å². The Morgan fingerprint density at radius 2 is 1.40 bits per heavy atom. The maximum atomic E-state index is 4.70. The fourth-order valence-corrected chi connectivity index (χ4v) is 4.56. The third kappa shape index (κ3) is 3.23. The van der Waals surface area contributed by atoms with Crippen molar-refractivity contribution in [2.45, 2.75) is 66.2 Å². The maximum absolute atomic E-state index is 4.70. The van der Waals surface area contributed by atoms with Gasteiger partial charge in [-0.25, -0.2) is 15.0 Å². The zero-order valence-corrected chi connectivity index (χ0v) is 21.4. The topological polar surface area (TPSA) is 51.6 Å².